The van der Waals surface area contributed by atoms with Crippen LogP contribution in [0.2, 0.25) is 0 Å². The smallest absolute Gasteiger partial charge is 0.248 e. The van der Waals surface area contributed by atoms with E-state index < -0.39 is 5.91 Å². The minimum Gasteiger partial charge on any atom is -0.397 e. The van der Waals surface area contributed by atoms with Crippen molar-refractivity contribution in [3.05, 3.63) is 23.8 Å². The molecule has 0 saturated heterocycles. The summed E-state index contributed by atoms with van der Waals surface area (Å²) in [6.45, 7) is 8.88. The minimum absolute atomic E-state index is 0.210. The van der Waals surface area contributed by atoms with Crippen molar-refractivity contribution in [3.63, 3.8) is 0 Å². The van der Waals surface area contributed by atoms with Crippen LogP contribution in [0.25, 0.3) is 0 Å². The van der Waals surface area contributed by atoms with Crippen LogP contribution in [0.3, 0.4) is 0 Å². The molecule has 0 heterocycles. The van der Waals surface area contributed by atoms with Gasteiger partial charge in [0.15, 0.2) is 0 Å². The van der Waals surface area contributed by atoms with Crippen molar-refractivity contribution in [2.75, 3.05) is 11.1 Å². The van der Waals surface area contributed by atoms with E-state index in [1.54, 1.807) is 18.2 Å². The topological polar surface area (TPSA) is 81.1 Å². The third kappa shape index (κ3) is 1.72. The molecule has 18 heavy (non-hydrogen) atoms. The second-order valence-electron chi connectivity index (χ2n) is 6.19. The summed E-state index contributed by atoms with van der Waals surface area (Å²) in [7, 11) is 0. The largest absolute Gasteiger partial charge is 0.397 e. The van der Waals surface area contributed by atoms with Gasteiger partial charge in [0, 0.05) is 11.6 Å². The van der Waals surface area contributed by atoms with E-state index in [9.17, 15) is 4.79 Å². The second kappa shape index (κ2) is 3.64. The molecule has 98 valence electrons. The Bertz CT molecular complexity index is 492. The Morgan fingerprint density at radius 3 is 2.22 bits per heavy atom. The van der Waals surface area contributed by atoms with Crippen LogP contribution in [-0.4, -0.2) is 11.9 Å². The maximum absolute atomic E-state index is 11.2. The molecule has 4 nitrogen and oxygen atoms in total. The first-order valence-electron chi connectivity index (χ1n) is 6.14. The molecular weight excluding hydrogens is 226 g/mol. The average molecular weight is 247 g/mol. The van der Waals surface area contributed by atoms with Crippen molar-refractivity contribution in [1.29, 1.82) is 0 Å². The van der Waals surface area contributed by atoms with E-state index in [0.717, 1.165) is 5.69 Å². The first-order chi connectivity index (χ1) is 8.18. The standard InChI is InChI=1S/C14H21N3O/c1-13(2)12(14(13,3)4)17-10-7-8(11(16)18)5-6-9(10)15/h5-7,12,17H,15H2,1-4H3,(H2,16,18). The number of nitrogens with one attached hydrogen (secondary N) is 1. The number of carbonyl (C=O) groups excluding carboxylic acids is 1. The SMILES string of the molecule is CC1(C)C(Nc2cc(C(N)=O)ccc2N)C1(C)C. The lowest BCUT2D eigenvalue weighted by atomic mass is 10.0. The van der Waals surface area contributed by atoms with Gasteiger partial charge in [0.05, 0.1) is 11.4 Å². The fourth-order valence-corrected chi connectivity index (χ4v) is 2.55. The number of hydrogen-bond donors (Lipinski definition) is 3. The normalized spacial score (nSPS) is 20.4. The molecule has 5 N–H and O–H groups in total. The van der Waals surface area contributed by atoms with Gasteiger partial charge in [0.1, 0.15) is 0 Å². The van der Waals surface area contributed by atoms with Gasteiger partial charge in [-0.2, -0.15) is 0 Å². The molecule has 0 aromatic heterocycles. The molecule has 0 unspecified atom stereocenters. The zero-order chi connectivity index (χ0) is 13.7. The molecule has 1 aromatic carbocycles. The number of nitrogens with two attached hydrogens (primary N) is 2. The Balaban J connectivity index is 2.26. The molecule has 0 spiro atoms. The molecular formula is C14H21N3O. The predicted octanol–water partition coefficient (Wildman–Crippen LogP) is 2.21. The molecule has 0 bridgehead atoms. The third-order valence-electron chi connectivity index (χ3n) is 4.66. The molecule has 2 rings (SSSR count). The van der Waals surface area contributed by atoms with Gasteiger partial charge < -0.3 is 16.8 Å². The highest BCUT2D eigenvalue weighted by Gasteiger charge is 2.65. The molecule has 0 radical (unpaired) electrons. The highest BCUT2D eigenvalue weighted by molar-refractivity contribution is 5.95. The van der Waals surface area contributed by atoms with Gasteiger partial charge in [-0.3, -0.25) is 4.79 Å². The summed E-state index contributed by atoms with van der Waals surface area (Å²) >= 11 is 0. The zero-order valence-electron chi connectivity index (χ0n) is 11.4. The lowest BCUT2D eigenvalue weighted by molar-refractivity contribution is 0.100. The van der Waals surface area contributed by atoms with Gasteiger partial charge in [-0.25, -0.2) is 0 Å². The van der Waals surface area contributed by atoms with Gasteiger partial charge in [-0.05, 0) is 29.0 Å². The number of amides is 1. The van der Waals surface area contributed by atoms with Crippen LogP contribution < -0.4 is 16.8 Å². The summed E-state index contributed by atoms with van der Waals surface area (Å²) in [5.74, 6) is -0.438. The van der Waals surface area contributed by atoms with E-state index in [-0.39, 0.29) is 10.8 Å². The Labute approximate surface area is 108 Å². The molecule has 1 aliphatic rings. The van der Waals surface area contributed by atoms with Gasteiger partial charge >= 0.3 is 0 Å². The molecule has 1 aromatic rings. The van der Waals surface area contributed by atoms with E-state index in [1.165, 1.54) is 0 Å². The van der Waals surface area contributed by atoms with E-state index in [1.807, 2.05) is 0 Å². The van der Waals surface area contributed by atoms with E-state index in [2.05, 4.69) is 33.0 Å². The number of carbonyl (C=O) groups is 1. The molecule has 0 atom stereocenters. The Morgan fingerprint density at radius 2 is 1.78 bits per heavy atom. The Morgan fingerprint density at radius 1 is 1.22 bits per heavy atom. The van der Waals surface area contributed by atoms with Crippen LogP contribution in [0.15, 0.2) is 18.2 Å². The van der Waals surface area contributed by atoms with Gasteiger partial charge in [0.2, 0.25) is 5.91 Å². The fraction of sp³-hybridized carbons (Fsp3) is 0.500. The van der Waals surface area contributed by atoms with Crippen molar-refractivity contribution in [2.24, 2.45) is 16.6 Å². The van der Waals surface area contributed by atoms with Crippen LogP contribution >= 0.6 is 0 Å². The number of benzene rings is 1. The highest BCUT2D eigenvalue weighted by Crippen LogP contribution is 2.63. The second-order valence-corrected chi connectivity index (χ2v) is 6.19. The minimum atomic E-state index is -0.438. The van der Waals surface area contributed by atoms with Crippen LogP contribution in [0, 0.1) is 10.8 Å². The maximum atomic E-state index is 11.2. The van der Waals surface area contributed by atoms with Crippen molar-refractivity contribution in [3.8, 4) is 0 Å². The van der Waals surface area contributed by atoms with Crippen LogP contribution in [0.1, 0.15) is 38.1 Å². The quantitative estimate of drug-likeness (QED) is 0.716. The summed E-state index contributed by atoms with van der Waals surface area (Å²) in [6.07, 6.45) is 0. The summed E-state index contributed by atoms with van der Waals surface area (Å²) in [6, 6.07) is 5.43. The average Bonchev–Trinajstić information content (AvgIpc) is 2.63. The first-order valence-corrected chi connectivity index (χ1v) is 6.14. The van der Waals surface area contributed by atoms with Crippen molar-refractivity contribution in [2.45, 2.75) is 33.7 Å². The van der Waals surface area contributed by atoms with Crippen molar-refractivity contribution >= 4 is 17.3 Å². The maximum Gasteiger partial charge on any atom is 0.248 e. The molecule has 1 saturated carbocycles. The summed E-state index contributed by atoms with van der Waals surface area (Å²) in [5.41, 5.74) is 13.5. The molecule has 0 aliphatic heterocycles. The van der Waals surface area contributed by atoms with E-state index >= 15 is 0 Å². The van der Waals surface area contributed by atoms with Crippen molar-refractivity contribution < 1.29 is 4.79 Å². The summed E-state index contributed by atoms with van der Waals surface area (Å²) in [4.78, 5) is 11.2. The predicted molar refractivity (Wildman–Crippen MR) is 74.3 cm³/mol. The van der Waals surface area contributed by atoms with Gasteiger partial charge in [0.25, 0.3) is 0 Å². The van der Waals surface area contributed by atoms with Crippen molar-refractivity contribution in [1.82, 2.24) is 0 Å². The number of hydrogen-bond acceptors (Lipinski definition) is 3. The number of anilines is 2. The number of primary amides is 1. The van der Waals surface area contributed by atoms with Crippen LogP contribution in [0.4, 0.5) is 11.4 Å². The number of rotatable bonds is 3. The third-order valence-corrected chi connectivity index (χ3v) is 4.66. The van der Waals surface area contributed by atoms with Gasteiger partial charge in [-0.1, -0.05) is 27.7 Å². The van der Waals surface area contributed by atoms with Gasteiger partial charge in [-0.15, -0.1) is 0 Å². The van der Waals surface area contributed by atoms with Crippen LogP contribution in [0.5, 0.6) is 0 Å². The Hall–Kier alpha value is -1.71. The summed E-state index contributed by atoms with van der Waals surface area (Å²) in [5, 5.41) is 3.43. The first kappa shape index (κ1) is 12.7. The molecule has 1 aliphatic carbocycles. The molecule has 1 amide bonds. The highest BCUT2D eigenvalue weighted by atomic mass is 16.1. The Kier molecular flexibility index (Phi) is 2.58. The zero-order valence-corrected chi connectivity index (χ0v) is 11.4. The number of nitrogen functional groups attached to an aromatic ring is 1. The fourth-order valence-electron chi connectivity index (χ4n) is 2.55. The lowest BCUT2D eigenvalue weighted by Crippen LogP contribution is -2.15. The van der Waals surface area contributed by atoms with Crippen LogP contribution in [-0.2, 0) is 0 Å². The summed E-state index contributed by atoms with van der Waals surface area (Å²) < 4.78 is 0. The molecule has 4 heteroatoms. The van der Waals surface area contributed by atoms with E-state index in [0.29, 0.717) is 17.3 Å². The lowest BCUT2D eigenvalue weighted by Gasteiger charge is -2.12. The molecule has 1 fully saturated rings. The monoisotopic (exact) mass is 247 g/mol. The van der Waals surface area contributed by atoms with E-state index in [4.69, 9.17) is 11.5 Å².